The first-order valence-corrected chi connectivity index (χ1v) is 7.44. The largest absolute Gasteiger partial charge is 0.493 e. The van der Waals surface area contributed by atoms with Crippen molar-refractivity contribution >= 4 is 6.08 Å². The molecule has 0 bridgehead atoms. The van der Waals surface area contributed by atoms with Gasteiger partial charge in [-0.1, -0.05) is 31.6 Å². The summed E-state index contributed by atoms with van der Waals surface area (Å²) in [5, 5.41) is 3.55. The smallest absolute Gasteiger partial charge is 0.161 e. The van der Waals surface area contributed by atoms with Crippen molar-refractivity contribution in [2.75, 3.05) is 20.8 Å². The minimum absolute atomic E-state index is 0.117. The average Bonchev–Trinajstić information content (AvgIpc) is 2.41. The minimum atomic E-state index is 0.117. The van der Waals surface area contributed by atoms with E-state index in [9.17, 15) is 0 Å². The number of ether oxygens (including phenoxy) is 2. The van der Waals surface area contributed by atoms with Crippen molar-refractivity contribution in [1.82, 2.24) is 5.32 Å². The monoisotopic (exact) mass is 291 g/mol. The van der Waals surface area contributed by atoms with Gasteiger partial charge in [-0.25, -0.2) is 0 Å². The van der Waals surface area contributed by atoms with Gasteiger partial charge in [0.05, 0.1) is 14.2 Å². The van der Waals surface area contributed by atoms with Crippen LogP contribution in [0.4, 0.5) is 0 Å². The maximum absolute atomic E-state index is 5.36. The maximum Gasteiger partial charge on any atom is 0.161 e. The van der Waals surface area contributed by atoms with Crippen LogP contribution in [0.15, 0.2) is 23.8 Å². The first-order chi connectivity index (χ1) is 9.76. The van der Waals surface area contributed by atoms with Crippen LogP contribution in [0.2, 0.25) is 0 Å². The third kappa shape index (κ3) is 5.80. The van der Waals surface area contributed by atoms with Gasteiger partial charge in [0.2, 0.25) is 0 Å². The summed E-state index contributed by atoms with van der Waals surface area (Å²) in [5.41, 5.74) is 2.62. The van der Waals surface area contributed by atoms with Gasteiger partial charge in [0.25, 0.3) is 0 Å². The van der Waals surface area contributed by atoms with Gasteiger partial charge in [0.1, 0.15) is 0 Å². The predicted molar refractivity (Wildman–Crippen MR) is 90.1 cm³/mol. The second-order valence-corrected chi connectivity index (χ2v) is 6.59. The number of methoxy groups -OCH3 is 2. The van der Waals surface area contributed by atoms with Crippen molar-refractivity contribution in [3.8, 4) is 11.5 Å². The van der Waals surface area contributed by atoms with Crippen molar-refractivity contribution in [3.05, 3.63) is 29.3 Å². The van der Waals surface area contributed by atoms with Gasteiger partial charge in [0.15, 0.2) is 11.5 Å². The van der Waals surface area contributed by atoms with Gasteiger partial charge in [-0.2, -0.15) is 0 Å². The van der Waals surface area contributed by atoms with Crippen LogP contribution in [0.1, 0.15) is 40.2 Å². The lowest BCUT2D eigenvalue weighted by Gasteiger charge is -2.23. The molecule has 0 heterocycles. The van der Waals surface area contributed by atoms with Crippen LogP contribution < -0.4 is 14.8 Å². The van der Waals surface area contributed by atoms with Crippen molar-refractivity contribution < 1.29 is 9.47 Å². The van der Waals surface area contributed by atoms with E-state index in [1.54, 1.807) is 14.2 Å². The van der Waals surface area contributed by atoms with Gasteiger partial charge in [-0.05, 0) is 44.4 Å². The SMILES string of the molecule is COc1ccc(C=C(CNC(C)(C)C)C(C)C)cc1OC. The molecule has 1 aromatic carbocycles. The average molecular weight is 291 g/mol. The molecule has 1 N–H and O–H groups in total. The van der Waals surface area contributed by atoms with Gasteiger partial charge < -0.3 is 14.8 Å². The molecule has 1 rings (SSSR count). The zero-order valence-electron chi connectivity index (χ0n) is 14.4. The molecule has 1 aromatic rings. The lowest BCUT2D eigenvalue weighted by molar-refractivity contribution is 0.355. The quantitative estimate of drug-likeness (QED) is 0.855. The van der Waals surface area contributed by atoms with E-state index in [1.807, 2.05) is 12.1 Å². The fourth-order valence-electron chi connectivity index (χ4n) is 1.95. The molecule has 0 saturated carbocycles. The summed E-state index contributed by atoms with van der Waals surface area (Å²) in [6.07, 6.45) is 2.23. The van der Waals surface area contributed by atoms with Crippen LogP contribution in [0.3, 0.4) is 0 Å². The Morgan fingerprint density at radius 3 is 2.24 bits per heavy atom. The van der Waals surface area contributed by atoms with Crippen LogP contribution in [0, 0.1) is 5.92 Å². The van der Waals surface area contributed by atoms with E-state index in [1.165, 1.54) is 5.57 Å². The lowest BCUT2D eigenvalue weighted by Crippen LogP contribution is -2.37. The summed E-state index contributed by atoms with van der Waals surface area (Å²) in [5.74, 6) is 2.01. The Labute approximate surface area is 129 Å². The molecule has 0 fully saturated rings. The highest BCUT2D eigenvalue weighted by Gasteiger charge is 2.12. The Morgan fingerprint density at radius 1 is 1.14 bits per heavy atom. The third-order valence-corrected chi connectivity index (χ3v) is 3.32. The number of benzene rings is 1. The van der Waals surface area contributed by atoms with Crippen molar-refractivity contribution in [2.24, 2.45) is 5.92 Å². The first-order valence-electron chi connectivity index (χ1n) is 7.44. The van der Waals surface area contributed by atoms with E-state index in [2.05, 4.69) is 52.1 Å². The molecule has 0 aliphatic heterocycles. The topological polar surface area (TPSA) is 30.5 Å². The Morgan fingerprint density at radius 2 is 1.76 bits per heavy atom. The van der Waals surface area contributed by atoms with Crippen LogP contribution in [0.25, 0.3) is 6.08 Å². The highest BCUT2D eigenvalue weighted by Crippen LogP contribution is 2.29. The molecule has 0 aliphatic rings. The molecular formula is C18H29NO2. The molecule has 0 aromatic heterocycles. The van der Waals surface area contributed by atoms with Gasteiger partial charge in [-0.3, -0.25) is 0 Å². The number of hydrogen-bond acceptors (Lipinski definition) is 3. The minimum Gasteiger partial charge on any atom is -0.493 e. The van der Waals surface area contributed by atoms with Gasteiger partial charge in [0, 0.05) is 12.1 Å². The van der Waals surface area contributed by atoms with E-state index in [-0.39, 0.29) is 5.54 Å². The second kappa shape index (κ2) is 7.51. The van der Waals surface area contributed by atoms with E-state index >= 15 is 0 Å². The normalized spacial score (nSPS) is 12.7. The van der Waals surface area contributed by atoms with Crippen LogP contribution in [-0.2, 0) is 0 Å². The van der Waals surface area contributed by atoms with Crippen molar-refractivity contribution in [3.63, 3.8) is 0 Å². The predicted octanol–water partition coefficient (Wildman–Crippen LogP) is 4.13. The summed E-state index contributed by atoms with van der Waals surface area (Å²) in [6.45, 7) is 11.9. The number of hydrogen-bond donors (Lipinski definition) is 1. The number of rotatable bonds is 6. The molecule has 0 atom stereocenters. The molecule has 21 heavy (non-hydrogen) atoms. The number of nitrogens with one attached hydrogen (secondary N) is 1. The summed E-state index contributed by atoms with van der Waals surface area (Å²) in [7, 11) is 3.32. The van der Waals surface area contributed by atoms with Crippen molar-refractivity contribution in [2.45, 2.75) is 40.2 Å². The third-order valence-electron chi connectivity index (χ3n) is 3.32. The molecule has 0 spiro atoms. The molecular weight excluding hydrogens is 262 g/mol. The molecule has 0 unspecified atom stereocenters. The highest BCUT2D eigenvalue weighted by atomic mass is 16.5. The van der Waals surface area contributed by atoms with Crippen LogP contribution in [0.5, 0.6) is 11.5 Å². The fraction of sp³-hybridized carbons (Fsp3) is 0.556. The summed E-state index contributed by atoms with van der Waals surface area (Å²) >= 11 is 0. The highest BCUT2D eigenvalue weighted by molar-refractivity contribution is 5.58. The lowest BCUT2D eigenvalue weighted by atomic mass is 9.98. The molecule has 118 valence electrons. The van der Waals surface area contributed by atoms with E-state index < -0.39 is 0 Å². The van der Waals surface area contributed by atoms with Crippen LogP contribution >= 0.6 is 0 Å². The van der Waals surface area contributed by atoms with Gasteiger partial charge >= 0.3 is 0 Å². The second-order valence-electron chi connectivity index (χ2n) is 6.59. The van der Waals surface area contributed by atoms with E-state index in [0.29, 0.717) is 5.92 Å². The molecule has 0 radical (unpaired) electrons. The Bertz CT molecular complexity index is 484. The maximum atomic E-state index is 5.36. The first kappa shape index (κ1) is 17.6. The Hall–Kier alpha value is -1.48. The Kier molecular flexibility index (Phi) is 6.28. The summed E-state index contributed by atoms with van der Waals surface area (Å²) < 4.78 is 10.6. The van der Waals surface area contributed by atoms with Gasteiger partial charge in [-0.15, -0.1) is 0 Å². The molecule has 3 nitrogen and oxygen atoms in total. The molecule has 3 heteroatoms. The summed E-state index contributed by atoms with van der Waals surface area (Å²) in [6, 6.07) is 6.01. The zero-order chi connectivity index (χ0) is 16.0. The summed E-state index contributed by atoms with van der Waals surface area (Å²) in [4.78, 5) is 0. The standard InChI is InChI=1S/C18H29NO2/c1-13(2)15(12-19-18(3,4)5)10-14-8-9-16(20-6)17(11-14)21-7/h8-11,13,19H,12H2,1-7H3. The van der Waals surface area contributed by atoms with Crippen molar-refractivity contribution in [1.29, 1.82) is 0 Å². The van der Waals surface area contributed by atoms with E-state index in [4.69, 9.17) is 9.47 Å². The molecule has 0 saturated heterocycles. The fourth-order valence-corrected chi connectivity index (χ4v) is 1.95. The Balaban J connectivity index is 3.00. The molecule has 0 aliphatic carbocycles. The zero-order valence-corrected chi connectivity index (χ0v) is 14.4. The van der Waals surface area contributed by atoms with E-state index in [0.717, 1.165) is 23.6 Å². The van der Waals surface area contributed by atoms with Crippen LogP contribution in [-0.4, -0.2) is 26.3 Å². The molecule has 0 amide bonds.